The standard InChI is InChI=1S/C17H20N4O3S.2ClH/c18-16(12-1-2-12)11-20-17(22)13-3-5-15(6-4-13)25(23,24)21-14-7-9-19-10-8-14;;/h3-10,12,16H,1-2,11,18H2,(H,19,21)(H,20,22);2*1H. The molecule has 0 aliphatic heterocycles. The first kappa shape index (κ1) is 23.2. The number of carbonyl (C=O) groups is 1. The first-order valence-electron chi connectivity index (χ1n) is 8.02. The molecule has 0 saturated heterocycles. The molecule has 1 aliphatic carbocycles. The number of hydrogen-bond donors (Lipinski definition) is 3. The fourth-order valence-corrected chi connectivity index (χ4v) is 3.48. The van der Waals surface area contributed by atoms with Crippen LogP contribution in [0, 0.1) is 5.92 Å². The Balaban J connectivity index is 0.00000182. The summed E-state index contributed by atoms with van der Waals surface area (Å²) in [5.41, 5.74) is 6.77. The topological polar surface area (TPSA) is 114 Å². The average Bonchev–Trinajstić information content (AvgIpc) is 3.45. The zero-order valence-electron chi connectivity index (χ0n) is 14.4. The van der Waals surface area contributed by atoms with Crippen LogP contribution in [0.15, 0.2) is 53.7 Å². The van der Waals surface area contributed by atoms with Gasteiger partial charge in [-0.1, -0.05) is 0 Å². The summed E-state index contributed by atoms with van der Waals surface area (Å²) in [4.78, 5) is 16.0. The zero-order chi connectivity index (χ0) is 17.9. The second kappa shape index (κ2) is 9.89. The Morgan fingerprint density at radius 1 is 1.11 bits per heavy atom. The predicted molar refractivity (Wildman–Crippen MR) is 109 cm³/mol. The quantitative estimate of drug-likeness (QED) is 0.620. The number of nitrogens with zero attached hydrogens (tertiary/aromatic N) is 1. The highest BCUT2D eigenvalue weighted by molar-refractivity contribution is 7.92. The maximum absolute atomic E-state index is 12.3. The van der Waals surface area contributed by atoms with Crippen LogP contribution in [-0.4, -0.2) is 31.9 Å². The summed E-state index contributed by atoms with van der Waals surface area (Å²) in [6.07, 6.45) is 5.23. The van der Waals surface area contributed by atoms with Gasteiger partial charge in [0.25, 0.3) is 15.9 Å². The van der Waals surface area contributed by atoms with E-state index in [0.29, 0.717) is 23.7 Å². The molecule has 1 unspecified atom stereocenters. The fourth-order valence-electron chi connectivity index (χ4n) is 2.42. The van der Waals surface area contributed by atoms with E-state index in [1.165, 1.54) is 36.7 Å². The Bertz CT molecular complexity index is 844. The van der Waals surface area contributed by atoms with E-state index < -0.39 is 10.0 Å². The van der Waals surface area contributed by atoms with Gasteiger partial charge in [0.05, 0.1) is 10.6 Å². The Morgan fingerprint density at radius 3 is 2.26 bits per heavy atom. The number of pyridine rings is 1. The van der Waals surface area contributed by atoms with Crippen molar-refractivity contribution in [1.82, 2.24) is 10.3 Å². The van der Waals surface area contributed by atoms with E-state index in [1.54, 1.807) is 12.1 Å². The van der Waals surface area contributed by atoms with Crippen LogP contribution in [0.3, 0.4) is 0 Å². The molecule has 10 heteroatoms. The third kappa shape index (κ3) is 6.35. The highest BCUT2D eigenvalue weighted by Crippen LogP contribution is 2.31. The molecule has 1 aromatic carbocycles. The summed E-state index contributed by atoms with van der Waals surface area (Å²) in [5, 5.41) is 2.78. The van der Waals surface area contributed by atoms with E-state index >= 15 is 0 Å². The monoisotopic (exact) mass is 432 g/mol. The van der Waals surface area contributed by atoms with Gasteiger partial charge in [-0.2, -0.15) is 0 Å². The molecule has 148 valence electrons. The number of aromatic nitrogens is 1. The third-order valence-electron chi connectivity index (χ3n) is 4.09. The van der Waals surface area contributed by atoms with E-state index in [1.807, 2.05) is 0 Å². The molecular formula is C17H22Cl2N4O3S. The van der Waals surface area contributed by atoms with Crippen LogP contribution in [0.4, 0.5) is 5.69 Å². The fraction of sp³-hybridized carbons (Fsp3) is 0.294. The lowest BCUT2D eigenvalue weighted by atomic mass is 10.2. The van der Waals surface area contributed by atoms with Gasteiger partial charge in [-0.05, 0) is 55.2 Å². The second-order valence-electron chi connectivity index (χ2n) is 6.08. The van der Waals surface area contributed by atoms with Crippen LogP contribution in [-0.2, 0) is 10.0 Å². The van der Waals surface area contributed by atoms with E-state index in [-0.39, 0.29) is 41.7 Å². The summed E-state index contributed by atoms with van der Waals surface area (Å²) >= 11 is 0. The van der Waals surface area contributed by atoms with Crippen molar-refractivity contribution in [3.8, 4) is 0 Å². The van der Waals surface area contributed by atoms with E-state index in [2.05, 4.69) is 15.0 Å². The van der Waals surface area contributed by atoms with Crippen LogP contribution in [0.5, 0.6) is 0 Å². The number of nitrogens with one attached hydrogen (secondary N) is 2. The Kier molecular flexibility index (Phi) is 8.49. The molecule has 1 heterocycles. The highest BCUT2D eigenvalue weighted by Gasteiger charge is 2.28. The van der Waals surface area contributed by atoms with Gasteiger partial charge in [-0.25, -0.2) is 8.42 Å². The van der Waals surface area contributed by atoms with Crippen LogP contribution < -0.4 is 15.8 Å². The minimum Gasteiger partial charge on any atom is -0.350 e. The second-order valence-corrected chi connectivity index (χ2v) is 7.76. The Morgan fingerprint density at radius 2 is 1.70 bits per heavy atom. The number of rotatable bonds is 7. The summed E-state index contributed by atoms with van der Waals surface area (Å²) < 4.78 is 27.1. The van der Waals surface area contributed by atoms with Crippen LogP contribution in [0.2, 0.25) is 0 Å². The number of amides is 1. The normalized spacial score (nSPS) is 14.3. The lowest BCUT2D eigenvalue weighted by Crippen LogP contribution is -2.38. The number of benzene rings is 1. The molecule has 27 heavy (non-hydrogen) atoms. The molecule has 1 amide bonds. The Labute approximate surface area is 171 Å². The van der Waals surface area contributed by atoms with Crippen molar-refractivity contribution >= 4 is 46.4 Å². The molecular weight excluding hydrogens is 411 g/mol. The van der Waals surface area contributed by atoms with Crippen molar-refractivity contribution in [2.24, 2.45) is 11.7 Å². The van der Waals surface area contributed by atoms with Gasteiger partial charge in [-0.15, -0.1) is 24.8 Å². The van der Waals surface area contributed by atoms with Gasteiger partial charge in [0.15, 0.2) is 0 Å². The molecule has 1 aromatic heterocycles. The molecule has 1 atom stereocenters. The first-order valence-corrected chi connectivity index (χ1v) is 9.51. The highest BCUT2D eigenvalue weighted by atomic mass is 35.5. The Hall–Kier alpha value is -1.87. The van der Waals surface area contributed by atoms with E-state index in [4.69, 9.17) is 5.73 Å². The molecule has 1 saturated carbocycles. The minimum absolute atomic E-state index is 0. The molecule has 0 bridgehead atoms. The van der Waals surface area contributed by atoms with Crippen LogP contribution in [0.25, 0.3) is 0 Å². The summed E-state index contributed by atoms with van der Waals surface area (Å²) in [7, 11) is -3.71. The van der Waals surface area contributed by atoms with Gasteiger partial charge in [0.2, 0.25) is 0 Å². The maximum Gasteiger partial charge on any atom is 0.261 e. The van der Waals surface area contributed by atoms with Crippen molar-refractivity contribution in [3.05, 3.63) is 54.4 Å². The molecule has 1 fully saturated rings. The van der Waals surface area contributed by atoms with Gasteiger partial charge >= 0.3 is 0 Å². The maximum atomic E-state index is 12.3. The van der Waals surface area contributed by atoms with Crippen LogP contribution >= 0.6 is 24.8 Å². The number of nitrogens with two attached hydrogens (primary N) is 1. The van der Waals surface area contributed by atoms with Gasteiger partial charge in [0.1, 0.15) is 0 Å². The lowest BCUT2D eigenvalue weighted by Gasteiger charge is -2.12. The largest absolute Gasteiger partial charge is 0.350 e. The number of sulfonamides is 1. The number of anilines is 1. The minimum atomic E-state index is -3.71. The van der Waals surface area contributed by atoms with E-state index in [0.717, 1.165) is 12.8 Å². The molecule has 2 aromatic rings. The van der Waals surface area contributed by atoms with Gasteiger partial charge in [-0.3, -0.25) is 14.5 Å². The molecule has 1 aliphatic rings. The van der Waals surface area contributed by atoms with Crippen molar-refractivity contribution < 1.29 is 13.2 Å². The van der Waals surface area contributed by atoms with E-state index in [9.17, 15) is 13.2 Å². The lowest BCUT2D eigenvalue weighted by molar-refractivity contribution is 0.0950. The van der Waals surface area contributed by atoms with Crippen molar-refractivity contribution in [2.45, 2.75) is 23.8 Å². The predicted octanol–water partition coefficient (Wildman–Crippen LogP) is 2.19. The third-order valence-corrected chi connectivity index (χ3v) is 5.48. The summed E-state index contributed by atoms with van der Waals surface area (Å²) in [6.45, 7) is 0.424. The molecule has 3 rings (SSSR count). The van der Waals surface area contributed by atoms with Gasteiger partial charge < -0.3 is 11.1 Å². The smallest absolute Gasteiger partial charge is 0.261 e. The SMILES string of the molecule is Cl.Cl.NC(CNC(=O)c1ccc(S(=O)(=O)Nc2ccncc2)cc1)C1CC1. The molecule has 4 N–H and O–H groups in total. The summed E-state index contributed by atoms with van der Waals surface area (Å²) in [5.74, 6) is 0.245. The van der Waals surface area contributed by atoms with Crippen molar-refractivity contribution in [1.29, 1.82) is 0 Å². The number of hydrogen-bond acceptors (Lipinski definition) is 5. The average molecular weight is 433 g/mol. The number of halogens is 2. The van der Waals surface area contributed by atoms with Crippen LogP contribution in [0.1, 0.15) is 23.2 Å². The zero-order valence-corrected chi connectivity index (χ0v) is 16.8. The van der Waals surface area contributed by atoms with Crippen molar-refractivity contribution in [2.75, 3.05) is 11.3 Å². The molecule has 7 nitrogen and oxygen atoms in total. The first-order chi connectivity index (χ1) is 12.0. The molecule has 0 spiro atoms. The van der Waals surface area contributed by atoms with Gasteiger partial charge in [0, 0.05) is 30.5 Å². The summed E-state index contributed by atoms with van der Waals surface area (Å²) in [6, 6.07) is 8.87. The number of carbonyl (C=O) groups excluding carboxylic acids is 1. The van der Waals surface area contributed by atoms with Crippen molar-refractivity contribution in [3.63, 3.8) is 0 Å². The molecule has 0 radical (unpaired) electrons.